The van der Waals surface area contributed by atoms with E-state index in [0.29, 0.717) is 25.3 Å². The van der Waals surface area contributed by atoms with Crippen LogP contribution >= 0.6 is 0 Å². The molecule has 2 atom stereocenters. The first-order valence-electron chi connectivity index (χ1n) is 7.02. The average molecular weight is 290 g/mol. The highest BCUT2D eigenvalue weighted by Crippen LogP contribution is 2.23. The van der Waals surface area contributed by atoms with Crippen LogP contribution in [0.15, 0.2) is 0 Å². The predicted molar refractivity (Wildman–Crippen MR) is 76.5 cm³/mol. The lowest BCUT2D eigenvalue weighted by molar-refractivity contribution is -0.122. The van der Waals surface area contributed by atoms with Gasteiger partial charge in [-0.25, -0.2) is 8.42 Å². The maximum absolute atomic E-state index is 11.9. The van der Waals surface area contributed by atoms with Gasteiger partial charge in [-0.3, -0.25) is 4.79 Å². The highest BCUT2D eigenvalue weighted by Gasteiger charge is 2.39. The van der Waals surface area contributed by atoms with Crippen molar-refractivity contribution in [2.45, 2.75) is 51.5 Å². The molecule has 19 heavy (non-hydrogen) atoms. The maximum atomic E-state index is 11.9. The molecule has 1 rings (SSSR count). The minimum atomic E-state index is -2.98. The monoisotopic (exact) mass is 290 g/mol. The molecule has 1 amide bonds. The van der Waals surface area contributed by atoms with E-state index in [1.165, 1.54) is 0 Å². The average Bonchev–Trinajstić information content (AvgIpc) is 2.58. The van der Waals surface area contributed by atoms with Crippen LogP contribution in [-0.4, -0.2) is 37.9 Å². The third-order valence-corrected chi connectivity index (χ3v) is 5.78. The molecule has 1 fully saturated rings. The third-order valence-electron chi connectivity index (χ3n) is 3.88. The molecule has 1 aliphatic rings. The maximum Gasteiger partial charge on any atom is 0.220 e. The second kappa shape index (κ2) is 6.70. The first-order chi connectivity index (χ1) is 8.80. The van der Waals surface area contributed by atoms with Gasteiger partial charge in [0.05, 0.1) is 17.0 Å². The first kappa shape index (κ1) is 16.4. The number of hydrogen-bond acceptors (Lipinski definition) is 4. The van der Waals surface area contributed by atoms with E-state index in [1.807, 2.05) is 6.92 Å². The number of nitrogens with one attached hydrogen (secondary N) is 1. The molecule has 0 aromatic heterocycles. The lowest BCUT2D eigenvalue weighted by Gasteiger charge is -2.24. The van der Waals surface area contributed by atoms with Crippen LogP contribution in [0.25, 0.3) is 0 Å². The number of carbonyl (C=O) groups excluding carboxylic acids is 1. The summed E-state index contributed by atoms with van der Waals surface area (Å²) in [6, 6.07) is 0. The van der Waals surface area contributed by atoms with Crippen molar-refractivity contribution < 1.29 is 13.2 Å². The summed E-state index contributed by atoms with van der Waals surface area (Å²) in [5.41, 5.74) is 4.95. The Labute approximate surface area is 116 Å². The molecule has 0 radical (unpaired) electrons. The van der Waals surface area contributed by atoms with E-state index >= 15 is 0 Å². The van der Waals surface area contributed by atoms with E-state index < -0.39 is 15.4 Å². The summed E-state index contributed by atoms with van der Waals surface area (Å²) in [5.74, 6) is 0.672. The Kier molecular flexibility index (Phi) is 5.80. The van der Waals surface area contributed by atoms with Gasteiger partial charge in [-0.2, -0.15) is 0 Å². The second-order valence-electron chi connectivity index (χ2n) is 5.84. The van der Waals surface area contributed by atoms with E-state index in [-0.39, 0.29) is 17.4 Å². The SMILES string of the molecule is CCC(CCN)CCC(=O)NC1(C)CCS(=O)(=O)C1. The van der Waals surface area contributed by atoms with Crippen LogP contribution in [0.3, 0.4) is 0 Å². The molecule has 1 heterocycles. The molecule has 3 N–H and O–H groups in total. The molecule has 5 nitrogen and oxygen atoms in total. The summed E-state index contributed by atoms with van der Waals surface area (Å²) >= 11 is 0. The number of rotatable bonds is 7. The number of carbonyl (C=O) groups is 1. The fraction of sp³-hybridized carbons (Fsp3) is 0.923. The Morgan fingerprint density at radius 1 is 1.42 bits per heavy atom. The van der Waals surface area contributed by atoms with Crippen molar-refractivity contribution in [3.63, 3.8) is 0 Å². The Bertz CT molecular complexity index is 408. The zero-order valence-electron chi connectivity index (χ0n) is 11.9. The van der Waals surface area contributed by atoms with Crippen LogP contribution < -0.4 is 11.1 Å². The highest BCUT2D eigenvalue weighted by molar-refractivity contribution is 7.91. The Morgan fingerprint density at radius 3 is 2.58 bits per heavy atom. The molecule has 1 aliphatic heterocycles. The largest absolute Gasteiger partial charge is 0.350 e. The summed E-state index contributed by atoms with van der Waals surface area (Å²) in [4.78, 5) is 11.9. The first-order valence-corrected chi connectivity index (χ1v) is 8.84. The summed E-state index contributed by atoms with van der Waals surface area (Å²) in [6.07, 6.45) is 3.75. The zero-order chi connectivity index (χ0) is 14.5. The van der Waals surface area contributed by atoms with Gasteiger partial charge in [0.2, 0.25) is 5.91 Å². The molecule has 0 spiro atoms. The van der Waals surface area contributed by atoms with E-state index in [1.54, 1.807) is 0 Å². The molecule has 1 saturated heterocycles. The Hall–Kier alpha value is -0.620. The topological polar surface area (TPSA) is 89.3 Å². The van der Waals surface area contributed by atoms with Gasteiger partial charge in [0.25, 0.3) is 0 Å². The van der Waals surface area contributed by atoms with E-state index in [4.69, 9.17) is 5.73 Å². The van der Waals surface area contributed by atoms with Gasteiger partial charge >= 0.3 is 0 Å². The van der Waals surface area contributed by atoms with Crippen LogP contribution in [0.1, 0.15) is 46.0 Å². The van der Waals surface area contributed by atoms with Crippen molar-refractivity contribution in [2.24, 2.45) is 11.7 Å². The Morgan fingerprint density at radius 2 is 2.11 bits per heavy atom. The number of sulfone groups is 1. The van der Waals surface area contributed by atoms with Gasteiger partial charge in [0.1, 0.15) is 0 Å². The standard InChI is InChI=1S/C13H26N2O3S/c1-3-11(6-8-14)4-5-12(16)15-13(2)7-9-19(17,18)10-13/h11H,3-10,14H2,1-2H3,(H,15,16). The number of nitrogens with two attached hydrogens (primary N) is 1. The lowest BCUT2D eigenvalue weighted by atomic mass is 9.95. The predicted octanol–water partition coefficient (Wildman–Crippen LogP) is 0.835. The zero-order valence-corrected chi connectivity index (χ0v) is 12.8. The number of hydrogen-bond donors (Lipinski definition) is 2. The van der Waals surface area contributed by atoms with Crippen LogP contribution in [0.4, 0.5) is 0 Å². The Balaban J connectivity index is 2.39. The molecular weight excluding hydrogens is 264 g/mol. The lowest BCUT2D eigenvalue weighted by Crippen LogP contribution is -2.46. The molecule has 0 saturated carbocycles. The second-order valence-corrected chi connectivity index (χ2v) is 8.03. The van der Waals surface area contributed by atoms with E-state index in [2.05, 4.69) is 12.2 Å². The van der Waals surface area contributed by atoms with E-state index in [9.17, 15) is 13.2 Å². The molecule has 0 aromatic carbocycles. The van der Waals surface area contributed by atoms with Crippen LogP contribution in [0.5, 0.6) is 0 Å². The molecule has 2 unspecified atom stereocenters. The summed E-state index contributed by atoms with van der Waals surface area (Å²) in [5, 5.41) is 2.88. The van der Waals surface area contributed by atoms with Gasteiger partial charge in [0.15, 0.2) is 9.84 Å². The van der Waals surface area contributed by atoms with Gasteiger partial charge in [-0.05, 0) is 38.6 Å². The quantitative estimate of drug-likeness (QED) is 0.727. The van der Waals surface area contributed by atoms with Crippen LogP contribution in [0.2, 0.25) is 0 Å². The van der Waals surface area contributed by atoms with Crippen molar-refractivity contribution in [3.8, 4) is 0 Å². The van der Waals surface area contributed by atoms with Gasteiger partial charge in [0, 0.05) is 6.42 Å². The van der Waals surface area contributed by atoms with E-state index in [0.717, 1.165) is 19.3 Å². The van der Waals surface area contributed by atoms with Gasteiger partial charge in [-0.1, -0.05) is 13.3 Å². The van der Waals surface area contributed by atoms with Crippen LogP contribution in [0, 0.1) is 5.92 Å². The molecule has 6 heteroatoms. The smallest absolute Gasteiger partial charge is 0.220 e. The van der Waals surface area contributed by atoms with Crippen molar-refractivity contribution in [2.75, 3.05) is 18.1 Å². The van der Waals surface area contributed by atoms with Crippen LogP contribution in [-0.2, 0) is 14.6 Å². The summed E-state index contributed by atoms with van der Waals surface area (Å²) in [6.45, 7) is 4.56. The molecular formula is C13H26N2O3S. The molecule has 0 bridgehead atoms. The normalized spacial score (nSPS) is 27.1. The minimum Gasteiger partial charge on any atom is -0.350 e. The minimum absolute atomic E-state index is 0.0462. The highest BCUT2D eigenvalue weighted by atomic mass is 32.2. The van der Waals surface area contributed by atoms with Crippen molar-refractivity contribution in [1.82, 2.24) is 5.32 Å². The fourth-order valence-corrected chi connectivity index (χ4v) is 4.72. The molecule has 112 valence electrons. The van der Waals surface area contributed by atoms with Gasteiger partial charge in [-0.15, -0.1) is 0 Å². The van der Waals surface area contributed by atoms with Crippen molar-refractivity contribution in [3.05, 3.63) is 0 Å². The van der Waals surface area contributed by atoms with Crippen molar-refractivity contribution in [1.29, 1.82) is 0 Å². The summed E-state index contributed by atoms with van der Waals surface area (Å²) < 4.78 is 22.9. The third kappa shape index (κ3) is 5.48. The molecule has 0 aliphatic carbocycles. The number of amides is 1. The van der Waals surface area contributed by atoms with Crippen molar-refractivity contribution >= 4 is 15.7 Å². The summed E-state index contributed by atoms with van der Waals surface area (Å²) in [7, 11) is -2.98. The molecule has 0 aromatic rings. The fourth-order valence-electron chi connectivity index (χ4n) is 2.63. The van der Waals surface area contributed by atoms with Gasteiger partial charge < -0.3 is 11.1 Å².